The quantitative estimate of drug-likeness (QED) is 0.436. The third-order valence-corrected chi connectivity index (χ3v) is 7.59. The van der Waals surface area contributed by atoms with E-state index < -0.39 is 6.09 Å². The summed E-state index contributed by atoms with van der Waals surface area (Å²) >= 11 is 13.3. The van der Waals surface area contributed by atoms with Crippen LogP contribution in [-0.4, -0.2) is 50.1 Å². The van der Waals surface area contributed by atoms with Crippen molar-refractivity contribution in [3.63, 3.8) is 0 Å². The fraction of sp³-hybridized carbons (Fsp3) is 0.400. The molecule has 188 valence electrons. The maximum atomic E-state index is 13.1. The van der Waals surface area contributed by atoms with Gasteiger partial charge in [0.05, 0.1) is 0 Å². The average Bonchev–Trinajstić information content (AvgIpc) is 3.52. The summed E-state index contributed by atoms with van der Waals surface area (Å²) < 4.78 is 5.22. The highest BCUT2D eigenvalue weighted by molar-refractivity contribution is 6.36. The minimum Gasteiger partial charge on any atom is -0.410 e. The molecule has 5 rings (SSSR count). The topological polar surface area (TPSA) is 113 Å². The van der Waals surface area contributed by atoms with Crippen LogP contribution in [0.25, 0.3) is 11.1 Å². The Balaban J connectivity index is 1.23. The lowest BCUT2D eigenvalue weighted by molar-refractivity contribution is -0.133. The molecule has 2 heterocycles. The molecule has 1 saturated heterocycles. The monoisotopic (exact) mass is 528 g/mol. The number of hydrogen-bond acceptors (Lipinski definition) is 6. The number of H-pyrrole nitrogens is 1. The number of aromatic amines is 1. The first kappa shape index (κ1) is 24.5. The van der Waals surface area contributed by atoms with Crippen molar-refractivity contribution in [1.82, 2.24) is 25.5 Å². The maximum Gasteiger partial charge on any atom is 0.419 e. The van der Waals surface area contributed by atoms with Gasteiger partial charge in [0.25, 0.3) is 5.95 Å². The number of anilines is 1. The summed E-state index contributed by atoms with van der Waals surface area (Å²) in [6.07, 6.45) is 6.56. The standard InChI is InChI=1S/C25H26Cl2N6O3/c26-21-13-17(15-6-8-19(9-7-15)36-25(35)28-24-29-31-32-30-24)14-22(27)20(21)12-16-10-11-33(23(16)34)18-4-2-1-3-5-18/h6-9,13-14,16,18H,1-5,10-12H2,(H2,28,29,30,31,32,35). The van der Waals surface area contributed by atoms with E-state index in [-0.39, 0.29) is 17.8 Å². The Labute approximate surface area is 218 Å². The number of benzene rings is 2. The van der Waals surface area contributed by atoms with Gasteiger partial charge in [-0.1, -0.05) is 59.7 Å². The molecule has 11 heteroatoms. The van der Waals surface area contributed by atoms with Crippen LogP contribution in [0.5, 0.6) is 5.75 Å². The van der Waals surface area contributed by atoms with Gasteiger partial charge in [0, 0.05) is 28.5 Å². The SMILES string of the molecule is O=C(Nc1nn[nH]n1)Oc1ccc(-c2cc(Cl)c(CC3CCN(C4CCCCC4)C3=O)c(Cl)c2)cc1. The number of aromatic nitrogens is 4. The molecule has 1 aromatic heterocycles. The van der Waals surface area contributed by atoms with E-state index in [1.165, 1.54) is 19.3 Å². The molecule has 1 saturated carbocycles. The molecule has 9 nitrogen and oxygen atoms in total. The molecular weight excluding hydrogens is 503 g/mol. The van der Waals surface area contributed by atoms with Gasteiger partial charge in [0.2, 0.25) is 5.91 Å². The van der Waals surface area contributed by atoms with Crippen LogP contribution in [0.3, 0.4) is 0 Å². The lowest BCUT2D eigenvalue weighted by Gasteiger charge is -2.31. The molecule has 2 fully saturated rings. The first-order valence-electron chi connectivity index (χ1n) is 12.1. The van der Waals surface area contributed by atoms with Crippen LogP contribution in [0.2, 0.25) is 10.0 Å². The van der Waals surface area contributed by atoms with Gasteiger partial charge in [-0.05, 0) is 71.9 Å². The number of likely N-dealkylation sites (tertiary alicyclic amines) is 1. The van der Waals surface area contributed by atoms with E-state index in [0.29, 0.717) is 28.3 Å². The highest BCUT2D eigenvalue weighted by atomic mass is 35.5. The van der Waals surface area contributed by atoms with Gasteiger partial charge in [-0.25, -0.2) is 4.79 Å². The highest BCUT2D eigenvalue weighted by Gasteiger charge is 2.36. The number of hydrogen-bond donors (Lipinski definition) is 2. The Bertz CT molecular complexity index is 1210. The molecule has 1 atom stereocenters. The summed E-state index contributed by atoms with van der Waals surface area (Å²) in [4.78, 5) is 27.1. The number of rotatable bonds is 6. The van der Waals surface area contributed by atoms with Gasteiger partial charge in [-0.15, -0.1) is 5.10 Å². The molecule has 1 aliphatic carbocycles. The van der Waals surface area contributed by atoms with Crippen LogP contribution in [0, 0.1) is 5.92 Å². The fourth-order valence-electron chi connectivity index (χ4n) is 5.07. The minimum absolute atomic E-state index is 0.0157. The Morgan fingerprint density at radius 3 is 2.44 bits per heavy atom. The molecule has 2 aliphatic rings. The third-order valence-electron chi connectivity index (χ3n) is 6.92. The molecule has 0 bridgehead atoms. The summed E-state index contributed by atoms with van der Waals surface area (Å²) in [5.41, 5.74) is 2.50. The van der Waals surface area contributed by atoms with Crippen LogP contribution in [-0.2, 0) is 11.2 Å². The van der Waals surface area contributed by atoms with Gasteiger partial charge in [-0.2, -0.15) is 5.21 Å². The molecule has 0 radical (unpaired) electrons. The van der Waals surface area contributed by atoms with Crippen molar-refractivity contribution in [1.29, 1.82) is 0 Å². The summed E-state index contributed by atoms with van der Waals surface area (Å²) in [5, 5.41) is 16.3. The normalized spacial score (nSPS) is 18.4. The number of halogens is 2. The number of ether oxygens (including phenoxy) is 1. The van der Waals surface area contributed by atoms with Crippen molar-refractivity contribution in [2.24, 2.45) is 5.92 Å². The van der Waals surface area contributed by atoms with E-state index >= 15 is 0 Å². The predicted octanol–water partition coefficient (Wildman–Crippen LogP) is 5.51. The van der Waals surface area contributed by atoms with Crippen molar-refractivity contribution in [2.75, 3.05) is 11.9 Å². The zero-order valence-corrected chi connectivity index (χ0v) is 21.1. The van der Waals surface area contributed by atoms with Crippen LogP contribution >= 0.6 is 23.2 Å². The highest BCUT2D eigenvalue weighted by Crippen LogP contribution is 2.37. The lowest BCUT2D eigenvalue weighted by Crippen LogP contribution is -2.39. The van der Waals surface area contributed by atoms with E-state index in [1.54, 1.807) is 24.3 Å². The summed E-state index contributed by atoms with van der Waals surface area (Å²) in [5.74, 6) is 0.512. The predicted molar refractivity (Wildman–Crippen MR) is 136 cm³/mol. The maximum absolute atomic E-state index is 13.1. The Kier molecular flexibility index (Phi) is 7.38. The molecular formula is C25H26Cl2N6O3. The van der Waals surface area contributed by atoms with Gasteiger partial charge in [0.15, 0.2) is 0 Å². The van der Waals surface area contributed by atoms with Crippen molar-refractivity contribution < 1.29 is 14.3 Å². The summed E-state index contributed by atoms with van der Waals surface area (Å²) in [6.45, 7) is 0.822. The second kappa shape index (κ2) is 10.8. The summed E-state index contributed by atoms with van der Waals surface area (Å²) in [7, 11) is 0. The van der Waals surface area contributed by atoms with Gasteiger partial charge < -0.3 is 9.64 Å². The second-order valence-corrected chi connectivity index (χ2v) is 10.0. The Morgan fingerprint density at radius 2 is 1.78 bits per heavy atom. The smallest absolute Gasteiger partial charge is 0.410 e. The lowest BCUT2D eigenvalue weighted by atomic mass is 9.93. The van der Waals surface area contributed by atoms with Crippen molar-refractivity contribution in [2.45, 2.75) is 51.0 Å². The molecule has 0 spiro atoms. The van der Waals surface area contributed by atoms with E-state index in [9.17, 15) is 9.59 Å². The van der Waals surface area contributed by atoms with Gasteiger partial charge in [0.1, 0.15) is 5.75 Å². The van der Waals surface area contributed by atoms with Crippen molar-refractivity contribution >= 4 is 41.2 Å². The van der Waals surface area contributed by atoms with Crippen molar-refractivity contribution in [3.05, 3.63) is 52.0 Å². The second-order valence-electron chi connectivity index (χ2n) is 9.21. The number of nitrogens with zero attached hydrogens (tertiary/aromatic N) is 4. The van der Waals surface area contributed by atoms with Crippen LogP contribution in [0.1, 0.15) is 44.1 Å². The molecule has 2 amide bonds. The number of tetrazole rings is 1. The first-order chi connectivity index (χ1) is 17.5. The number of amides is 2. The molecule has 2 aromatic carbocycles. The molecule has 3 aromatic rings. The van der Waals surface area contributed by atoms with Crippen molar-refractivity contribution in [3.8, 4) is 16.9 Å². The van der Waals surface area contributed by atoms with Gasteiger partial charge >= 0.3 is 6.09 Å². The summed E-state index contributed by atoms with van der Waals surface area (Å²) in [6, 6.07) is 11.1. The van der Waals surface area contributed by atoms with Crippen LogP contribution in [0.4, 0.5) is 10.7 Å². The Hall–Kier alpha value is -3.17. The Morgan fingerprint density at radius 1 is 1.06 bits per heavy atom. The first-order valence-corrected chi connectivity index (χ1v) is 12.8. The average molecular weight is 529 g/mol. The zero-order chi connectivity index (χ0) is 25.1. The third kappa shape index (κ3) is 5.47. The zero-order valence-electron chi connectivity index (χ0n) is 19.5. The van der Waals surface area contributed by atoms with E-state index in [0.717, 1.165) is 42.5 Å². The van der Waals surface area contributed by atoms with Crippen LogP contribution < -0.4 is 10.1 Å². The molecule has 1 unspecified atom stereocenters. The number of carbonyl (C=O) groups is 2. The fourth-order valence-corrected chi connectivity index (χ4v) is 5.71. The van der Waals surface area contributed by atoms with E-state index in [1.807, 2.05) is 12.1 Å². The molecule has 36 heavy (non-hydrogen) atoms. The number of carbonyl (C=O) groups excluding carboxylic acids is 2. The van der Waals surface area contributed by atoms with Crippen LogP contribution in [0.15, 0.2) is 36.4 Å². The minimum atomic E-state index is -0.733. The van der Waals surface area contributed by atoms with E-state index in [2.05, 4.69) is 30.8 Å². The molecule has 2 N–H and O–H groups in total. The van der Waals surface area contributed by atoms with Gasteiger partial charge in [-0.3, -0.25) is 10.1 Å². The molecule has 1 aliphatic heterocycles. The largest absolute Gasteiger partial charge is 0.419 e. The van der Waals surface area contributed by atoms with E-state index in [4.69, 9.17) is 27.9 Å². The number of nitrogens with one attached hydrogen (secondary N) is 2.